The van der Waals surface area contributed by atoms with Crippen molar-refractivity contribution >= 4 is 67.1 Å². The Hall–Kier alpha value is -9.96. The van der Waals surface area contributed by atoms with E-state index in [9.17, 15) is 27.0 Å². The minimum atomic E-state index is -3.67. The van der Waals surface area contributed by atoms with Crippen molar-refractivity contribution in [2.75, 3.05) is 0 Å². The van der Waals surface area contributed by atoms with E-state index in [1.54, 1.807) is 60.7 Å². The van der Waals surface area contributed by atoms with E-state index in [1.165, 1.54) is 0 Å². The molecule has 96 heavy (non-hydrogen) atoms. The Balaban J connectivity index is 0.000000130. The molecule has 6 heterocycles. The van der Waals surface area contributed by atoms with Crippen LogP contribution in [0.1, 0.15) is 111 Å². The first-order chi connectivity index (χ1) is 46.4. The standard InChI is InChI=1S/C25H24N4O3S.C25H24N4O2S.C25H24N4OS/c1-16(2)33(31,32)25-23-26-14-22(29(23)15-21(28-25)17-6-4-3-5-7-17)18-8-10-19(11-9-18)24(30)27-20-12-13-20;1-16(2)32(31)25-23-26-14-22(29(23)15-21(28-25)17-6-4-3-5-7-17)18-8-10-19(11-9-18)24(30)27-20-12-13-20;1-16(2)31-25-23-26-14-22(29(23)15-21(28-25)17-6-4-3-5-7-17)18-8-10-19(11-9-18)24(30)27-20-12-13-20/h3-11,14-16,20H,12-13H2,1-2H3,(H,27,30);3-11,14-16,20H,12-13H2,1-2H3,(H,27,30);3-11,14-16,20H,12-13H2,1-2H3,(H,27,30). The molecule has 3 N–H and O–H groups in total. The lowest BCUT2D eigenvalue weighted by atomic mass is 10.1. The van der Waals surface area contributed by atoms with Gasteiger partial charge in [-0.3, -0.25) is 31.8 Å². The quantitative estimate of drug-likeness (QED) is 0.0680. The van der Waals surface area contributed by atoms with Gasteiger partial charge in [-0.2, -0.15) is 0 Å². The first kappa shape index (κ1) is 64.7. The van der Waals surface area contributed by atoms with E-state index in [0.29, 0.717) is 56.4 Å². The molecule has 3 aliphatic carbocycles. The summed E-state index contributed by atoms with van der Waals surface area (Å²) in [7, 11) is -4.97. The summed E-state index contributed by atoms with van der Waals surface area (Å²) >= 11 is 1.72. The highest BCUT2D eigenvalue weighted by atomic mass is 32.2. The Morgan fingerprint density at radius 1 is 0.448 bits per heavy atom. The zero-order chi connectivity index (χ0) is 66.8. The molecule has 3 saturated carbocycles. The third kappa shape index (κ3) is 14.5. The summed E-state index contributed by atoms with van der Waals surface area (Å²) in [5, 5.41) is 10.1. The van der Waals surface area contributed by atoms with Crippen LogP contribution in [-0.4, -0.2) is 107 Å². The molecule has 1 atom stereocenters. The summed E-state index contributed by atoms with van der Waals surface area (Å²) in [5.41, 5.74) is 14.0. The summed E-state index contributed by atoms with van der Waals surface area (Å²) < 4.78 is 45.1. The van der Waals surface area contributed by atoms with Crippen molar-refractivity contribution in [1.82, 2.24) is 59.1 Å². The van der Waals surface area contributed by atoms with Crippen LogP contribution in [0.5, 0.6) is 0 Å². The van der Waals surface area contributed by atoms with Gasteiger partial charge in [-0.1, -0.05) is 167 Å². The third-order valence-corrected chi connectivity index (χ3v) is 21.0. The predicted molar refractivity (Wildman–Crippen MR) is 378 cm³/mol. The van der Waals surface area contributed by atoms with Gasteiger partial charge >= 0.3 is 0 Å². The molecule has 0 spiro atoms. The number of imidazole rings is 3. The first-order valence-corrected chi connectivity index (χ1v) is 35.9. The number of aromatic nitrogens is 9. The largest absolute Gasteiger partial charge is 0.349 e. The fourth-order valence-corrected chi connectivity index (χ4v) is 13.6. The zero-order valence-electron chi connectivity index (χ0n) is 54.0. The molecule has 3 amide bonds. The van der Waals surface area contributed by atoms with E-state index < -0.39 is 25.9 Å². The van der Waals surface area contributed by atoms with Gasteiger partial charge in [0.05, 0.1) is 68.8 Å². The zero-order valence-corrected chi connectivity index (χ0v) is 56.4. The maximum absolute atomic E-state index is 13.1. The number of nitrogens with zero attached hydrogens (tertiary/aromatic N) is 9. The second-order valence-electron chi connectivity index (χ2n) is 25.0. The molecular weight excluding hydrogens is 1260 g/mol. The average Bonchev–Trinajstić information content (AvgIpc) is 1.43. The minimum Gasteiger partial charge on any atom is -0.349 e. The number of amides is 3. The van der Waals surface area contributed by atoms with Crippen LogP contribution in [0.4, 0.5) is 0 Å². The van der Waals surface area contributed by atoms with Gasteiger partial charge in [0.15, 0.2) is 27.0 Å². The monoisotopic (exact) mass is 1330 g/mol. The number of hydrogen-bond acceptors (Lipinski definition) is 13. The molecule has 486 valence electrons. The molecule has 0 bridgehead atoms. The van der Waals surface area contributed by atoms with Gasteiger partial charge in [-0.05, 0) is 88.8 Å². The third-order valence-electron chi connectivity index (χ3n) is 16.5. The SMILES string of the molecule is CC(C)S(=O)(=O)c1nc(-c2ccccc2)cn2c(-c3ccc(C(=O)NC4CC4)cc3)cnc12.CC(C)S(=O)c1nc(-c2ccccc2)cn2c(-c3ccc(C(=O)NC4CC4)cc3)cnc12.CC(C)Sc1nc(-c2ccccc2)cn2c(-c3ccc(C(=O)NC4CC4)cc3)cnc12. The van der Waals surface area contributed by atoms with Crippen LogP contribution in [-0.2, 0) is 20.6 Å². The summed E-state index contributed by atoms with van der Waals surface area (Å²) in [6.45, 7) is 11.4. The molecule has 21 heteroatoms. The number of nitrogens with one attached hydrogen (secondary N) is 3. The predicted octanol–water partition coefficient (Wildman–Crippen LogP) is 14.1. The molecule has 0 saturated heterocycles. The van der Waals surface area contributed by atoms with Crippen LogP contribution in [0.15, 0.2) is 216 Å². The van der Waals surface area contributed by atoms with Crippen molar-refractivity contribution in [3.63, 3.8) is 0 Å². The number of carbonyl (C=O) groups is 3. The molecule has 6 aromatic carbocycles. The van der Waals surface area contributed by atoms with Gasteiger partial charge in [0.25, 0.3) is 17.7 Å². The van der Waals surface area contributed by atoms with E-state index in [2.05, 4.69) is 66.3 Å². The average molecular weight is 1330 g/mol. The highest BCUT2D eigenvalue weighted by Crippen LogP contribution is 2.35. The van der Waals surface area contributed by atoms with Crippen LogP contribution in [0.3, 0.4) is 0 Å². The Morgan fingerprint density at radius 2 is 0.792 bits per heavy atom. The summed E-state index contributed by atoms with van der Waals surface area (Å²) in [4.78, 5) is 64.8. The van der Waals surface area contributed by atoms with Crippen LogP contribution in [0, 0.1) is 0 Å². The number of thioether (sulfide) groups is 1. The Morgan fingerprint density at radius 3 is 1.16 bits per heavy atom. The van der Waals surface area contributed by atoms with Crippen molar-refractivity contribution in [3.8, 4) is 67.5 Å². The molecule has 3 aliphatic rings. The minimum absolute atomic E-state index is 0.00150. The lowest BCUT2D eigenvalue weighted by molar-refractivity contribution is 0.0942. The molecule has 12 aromatic rings. The Kier molecular flexibility index (Phi) is 18.7. The second kappa shape index (κ2) is 27.8. The van der Waals surface area contributed by atoms with Crippen LogP contribution in [0.25, 0.3) is 84.5 Å². The van der Waals surface area contributed by atoms with Crippen molar-refractivity contribution in [2.45, 2.75) is 129 Å². The van der Waals surface area contributed by atoms with Gasteiger partial charge in [0.2, 0.25) is 9.84 Å². The van der Waals surface area contributed by atoms with Crippen molar-refractivity contribution in [2.24, 2.45) is 0 Å². The van der Waals surface area contributed by atoms with Crippen LogP contribution < -0.4 is 16.0 Å². The molecule has 3 fully saturated rings. The molecule has 0 radical (unpaired) electrons. The fourth-order valence-electron chi connectivity index (χ4n) is 10.7. The maximum Gasteiger partial charge on any atom is 0.251 e. The molecule has 18 nitrogen and oxygen atoms in total. The molecule has 15 rings (SSSR count). The fraction of sp³-hybridized carbons (Fsp3) is 0.240. The second-order valence-corrected chi connectivity index (χ2v) is 30.9. The van der Waals surface area contributed by atoms with E-state index in [4.69, 9.17) is 9.97 Å². The van der Waals surface area contributed by atoms with Crippen molar-refractivity contribution < 1.29 is 27.0 Å². The summed E-state index contributed by atoms with van der Waals surface area (Å²) in [6.07, 6.45) is 17.4. The first-order valence-electron chi connectivity index (χ1n) is 32.3. The molecule has 6 aromatic heterocycles. The number of sulfone groups is 1. The Bertz CT molecular complexity index is 4970. The lowest BCUT2D eigenvalue weighted by Gasteiger charge is -2.12. The highest BCUT2D eigenvalue weighted by Gasteiger charge is 2.30. The smallest absolute Gasteiger partial charge is 0.251 e. The normalized spacial score (nSPS) is 14.1. The highest BCUT2D eigenvalue weighted by molar-refractivity contribution is 8.00. The van der Waals surface area contributed by atoms with Crippen LogP contribution in [0.2, 0.25) is 0 Å². The Labute approximate surface area is 563 Å². The van der Waals surface area contributed by atoms with Crippen molar-refractivity contribution in [3.05, 3.63) is 218 Å². The van der Waals surface area contributed by atoms with Crippen LogP contribution >= 0.6 is 11.8 Å². The number of benzene rings is 6. The number of rotatable bonds is 18. The number of fused-ring (bicyclic) bond motifs is 3. The van der Waals surface area contributed by atoms with E-state index >= 15 is 0 Å². The summed E-state index contributed by atoms with van der Waals surface area (Å²) in [5.74, 6) is -0.121. The van der Waals surface area contributed by atoms with Gasteiger partial charge in [0.1, 0.15) is 5.03 Å². The maximum atomic E-state index is 13.1. The number of carbonyl (C=O) groups excluding carboxylic acids is 3. The number of hydrogen-bond donors (Lipinski definition) is 3. The molecular formula is C75H72N12O6S3. The van der Waals surface area contributed by atoms with Gasteiger partial charge in [-0.15, -0.1) is 0 Å². The lowest BCUT2D eigenvalue weighted by Crippen LogP contribution is -2.25. The molecule has 0 aliphatic heterocycles. The van der Waals surface area contributed by atoms with Crippen molar-refractivity contribution in [1.29, 1.82) is 0 Å². The molecule has 1 unspecified atom stereocenters. The van der Waals surface area contributed by atoms with E-state index in [-0.39, 0.29) is 33.6 Å². The van der Waals surface area contributed by atoms with E-state index in [1.807, 2.05) is 176 Å². The summed E-state index contributed by atoms with van der Waals surface area (Å²) in [6, 6.07) is 53.0. The van der Waals surface area contributed by atoms with Gasteiger partial charge in [0, 0.05) is 97.3 Å². The topological polar surface area (TPSA) is 229 Å². The van der Waals surface area contributed by atoms with Gasteiger partial charge in [-0.25, -0.2) is 38.3 Å². The van der Waals surface area contributed by atoms with E-state index in [0.717, 1.165) is 111 Å². The van der Waals surface area contributed by atoms with Gasteiger partial charge < -0.3 is 16.0 Å².